The number of carbonyl (C=O) groups is 2. The van der Waals surface area contributed by atoms with Crippen LogP contribution in [0.15, 0.2) is 24.3 Å². The summed E-state index contributed by atoms with van der Waals surface area (Å²) in [6.45, 7) is 3.50. The Morgan fingerprint density at radius 1 is 1.35 bits per heavy atom. The number of aliphatic carboxylic acids is 1. The van der Waals surface area contributed by atoms with E-state index in [9.17, 15) is 9.59 Å². The summed E-state index contributed by atoms with van der Waals surface area (Å²) in [6.07, 6.45) is 0.830. The van der Waals surface area contributed by atoms with Crippen molar-refractivity contribution in [1.29, 1.82) is 0 Å². The number of amides is 1. The first-order chi connectivity index (χ1) is 9.43. The van der Waals surface area contributed by atoms with Crippen molar-refractivity contribution in [1.82, 2.24) is 0 Å². The summed E-state index contributed by atoms with van der Waals surface area (Å²) >= 11 is 0. The summed E-state index contributed by atoms with van der Waals surface area (Å²) in [5.74, 6) is -0.745. The molecule has 0 heterocycles. The Balaban J connectivity index is 2.56. The predicted octanol–water partition coefficient (Wildman–Crippen LogP) is 1.46. The van der Waals surface area contributed by atoms with E-state index in [1.165, 1.54) is 0 Å². The number of carboxylic acids is 1. The van der Waals surface area contributed by atoms with Crippen molar-refractivity contribution in [3.05, 3.63) is 24.3 Å². The fourth-order valence-corrected chi connectivity index (χ4v) is 1.52. The number of rotatable bonds is 7. The van der Waals surface area contributed by atoms with E-state index in [0.717, 1.165) is 6.42 Å². The fourth-order valence-electron chi connectivity index (χ4n) is 1.52. The minimum Gasteiger partial charge on any atom is -0.482 e. The molecule has 0 aliphatic rings. The topological polar surface area (TPSA) is 102 Å². The number of hydrogen-bond acceptors (Lipinski definition) is 4. The van der Waals surface area contributed by atoms with E-state index in [0.29, 0.717) is 11.4 Å². The third-order valence-corrected chi connectivity index (χ3v) is 3.04. The molecule has 0 saturated carbocycles. The number of benzene rings is 1. The summed E-state index contributed by atoms with van der Waals surface area (Å²) in [7, 11) is 0. The molecule has 6 nitrogen and oxygen atoms in total. The van der Waals surface area contributed by atoms with E-state index in [1.54, 1.807) is 24.3 Å². The SMILES string of the molecule is CCC(C)C(N)C(=O)Nc1ccc(OCC(=O)O)cc1. The van der Waals surface area contributed by atoms with Crippen molar-refractivity contribution in [2.24, 2.45) is 11.7 Å². The van der Waals surface area contributed by atoms with Gasteiger partial charge in [0.1, 0.15) is 5.75 Å². The van der Waals surface area contributed by atoms with Gasteiger partial charge in [0, 0.05) is 5.69 Å². The molecule has 110 valence electrons. The molecule has 0 radical (unpaired) electrons. The lowest BCUT2D eigenvalue weighted by Crippen LogP contribution is -2.40. The van der Waals surface area contributed by atoms with Crippen LogP contribution in [0.4, 0.5) is 5.69 Å². The van der Waals surface area contributed by atoms with E-state index >= 15 is 0 Å². The molecular weight excluding hydrogens is 260 g/mol. The maximum atomic E-state index is 11.9. The van der Waals surface area contributed by atoms with Gasteiger partial charge in [0.25, 0.3) is 0 Å². The molecule has 1 aromatic carbocycles. The van der Waals surface area contributed by atoms with Gasteiger partial charge in [-0.3, -0.25) is 4.79 Å². The van der Waals surface area contributed by atoms with Crippen LogP contribution in [0.2, 0.25) is 0 Å². The molecule has 2 atom stereocenters. The van der Waals surface area contributed by atoms with Crippen LogP contribution in [0.5, 0.6) is 5.75 Å². The van der Waals surface area contributed by atoms with Crippen LogP contribution < -0.4 is 15.8 Å². The maximum absolute atomic E-state index is 11.9. The highest BCUT2D eigenvalue weighted by atomic mass is 16.5. The second-order valence-corrected chi connectivity index (χ2v) is 4.61. The van der Waals surface area contributed by atoms with E-state index in [-0.39, 0.29) is 11.8 Å². The minimum absolute atomic E-state index is 0.105. The largest absolute Gasteiger partial charge is 0.482 e. The molecule has 4 N–H and O–H groups in total. The Morgan fingerprint density at radius 2 is 1.95 bits per heavy atom. The molecule has 0 aromatic heterocycles. The van der Waals surface area contributed by atoms with E-state index < -0.39 is 18.6 Å². The van der Waals surface area contributed by atoms with Crippen LogP contribution in [0.1, 0.15) is 20.3 Å². The van der Waals surface area contributed by atoms with E-state index in [1.807, 2.05) is 13.8 Å². The molecule has 20 heavy (non-hydrogen) atoms. The third kappa shape index (κ3) is 4.89. The van der Waals surface area contributed by atoms with Gasteiger partial charge in [0.15, 0.2) is 6.61 Å². The molecular formula is C14H20N2O4. The van der Waals surface area contributed by atoms with Gasteiger partial charge in [-0.15, -0.1) is 0 Å². The van der Waals surface area contributed by atoms with Crippen molar-refractivity contribution in [3.8, 4) is 5.75 Å². The minimum atomic E-state index is -1.04. The number of anilines is 1. The number of ether oxygens (including phenoxy) is 1. The first kappa shape index (κ1) is 16.0. The molecule has 2 unspecified atom stereocenters. The quantitative estimate of drug-likeness (QED) is 0.702. The Morgan fingerprint density at radius 3 is 2.45 bits per heavy atom. The highest BCUT2D eigenvalue weighted by Crippen LogP contribution is 2.16. The van der Waals surface area contributed by atoms with Gasteiger partial charge in [-0.25, -0.2) is 4.79 Å². The first-order valence-corrected chi connectivity index (χ1v) is 6.45. The van der Waals surface area contributed by atoms with E-state index in [2.05, 4.69) is 5.32 Å². The maximum Gasteiger partial charge on any atom is 0.341 e. The number of hydrogen-bond donors (Lipinski definition) is 3. The molecule has 0 aliphatic heterocycles. The molecule has 0 fully saturated rings. The number of nitrogens with one attached hydrogen (secondary N) is 1. The zero-order valence-electron chi connectivity index (χ0n) is 11.6. The highest BCUT2D eigenvalue weighted by molar-refractivity contribution is 5.94. The summed E-state index contributed by atoms with van der Waals surface area (Å²) < 4.78 is 4.99. The van der Waals surface area contributed by atoms with Crippen LogP contribution in [0, 0.1) is 5.92 Å². The lowest BCUT2D eigenvalue weighted by atomic mass is 9.99. The standard InChI is InChI=1S/C14H20N2O4/c1-3-9(2)13(15)14(19)16-10-4-6-11(7-5-10)20-8-12(17)18/h4-7,9,13H,3,8,15H2,1-2H3,(H,16,19)(H,17,18). The Kier molecular flexibility index (Phi) is 5.99. The average Bonchev–Trinajstić information content (AvgIpc) is 2.44. The summed E-state index contributed by atoms with van der Waals surface area (Å²) in [5.41, 5.74) is 6.42. The van der Waals surface area contributed by atoms with Crippen LogP contribution in [-0.2, 0) is 9.59 Å². The fraction of sp³-hybridized carbons (Fsp3) is 0.429. The molecule has 6 heteroatoms. The van der Waals surface area contributed by atoms with Crippen LogP contribution >= 0.6 is 0 Å². The number of carbonyl (C=O) groups excluding carboxylic acids is 1. The van der Waals surface area contributed by atoms with Crippen molar-refractivity contribution in [2.45, 2.75) is 26.3 Å². The third-order valence-electron chi connectivity index (χ3n) is 3.04. The smallest absolute Gasteiger partial charge is 0.341 e. The van der Waals surface area contributed by atoms with Crippen molar-refractivity contribution >= 4 is 17.6 Å². The Labute approximate surface area is 117 Å². The lowest BCUT2D eigenvalue weighted by Gasteiger charge is -2.17. The predicted molar refractivity (Wildman–Crippen MR) is 75.6 cm³/mol. The molecule has 0 aliphatic carbocycles. The highest BCUT2D eigenvalue weighted by Gasteiger charge is 2.19. The lowest BCUT2D eigenvalue weighted by molar-refractivity contribution is -0.139. The molecule has 0 bridgehead atoms. The van der Waals surface area contributed by atoms with E-state index in [4.69, 9.17) is 15.6 Å². The summed E-state index contributed by atoms with van der Waals surface area (Å²) in [5, 5.41) is 11.2. The van der Waals surface area contributed by atoms with Crippen LogP contribution in [0.3, 0.4) is 0 Å². The molecule has 1 aromatic rings. The van der Waals surface area contributed by atoms with Gasteiger partial charge in [-0.2, -0.15) is 0 Å². The summed E-state index contributed by atoms with van der Waals surface area (Å²) in [4.78, 5) is 22.2. The second kappa shape index (κ2) is 7.49. The molecule has 0 saturated heterocycles. The molecule has 1 rings (SSSR count). The van der Waals surface area contributed by atoms with Crippen LogP contribution in [0.25, 0.3) is 0 Å². The monoisotopic (exact) mass is 280 g/mol. The van der Waals surface area contributed by atoms with Gasteiger partial charge in [-0.1, -0.05) is 20.3 Å². The van der Waals surface area contributed by atoms with Gasteiger partial charge in [-0.05, 0) is 30.2 Å². The molecule has 0 spiro atoms. The zero-order chi connectivity index (χ0) is 15.1. The molecule has 1 amide bonds. The average molecular weight is 280 g/mol. The van der Waals surface area contributed by atoms with Crippen molar-refractivity contribution in [2.75, 3.05) is 11.9 Å². The van der Waals surface area contributed by atoms with Crippen LogP contribution in [-0.4, -0.2) is 29.6 Å². The van der Waals surface area contributed by atoms with Gasteiger partial charge < -0.3 is 20.9 Å². The van der Waals surface area contributed by atoms with Crippen molar-refractivity contribution < 1.29 is 19.4 Å². The number of nitrogens with two attached hydrogens (primary N) is 1. The summed E-state index contributed by atoms with van der Waals surface area (Å²) in [6, 6.07) is 5.90. The van der Waals surface area contributed by atoms with Crippen molar-refractivity contribution in [3.63, 3.8) is 0 Å². The van der Waals surface area contributed by atoms with Gasteiger partial charge in [0.05, 0.1) is 6.04 Å². The number of carboxylic acid groups (broad SMARTS) is 1. The normalized spacial score (nSPS) is 13.3. The Bertz CT molecular complexity index is 459. The second-order valence-electron chi connectivity index (χ2n) is 4.61. The zero-order valence-corrected chi connectivity index (χ0v) is 11.6. The Hall–Kier alpha value is -2.08. The first-order valence-electron chi connectivity index (χ1n) is 6.45. The van der Waals surface area contributed by atoms with Gasteiger partial charge >= 0.3 is 5.97 Å². The van der Waals surface area contributed by atoms with Gasteiger partial charge in [0.2, 0.25) is 5.91 Å².